The lowest BCUT2D eigenvalue weighted by atomic mass is 9.83. The second-order valence-electron chi connectivity index (χ2n) is 5.20. The lowest BCUT2D eigenvalue weighted by Gasteiger charge is -2.34. The van der Waals surface area contributed by atoms with Crippen molar-refractivity contribution in [1.82, 2.24) is 0 Å². The Hall–Kier alpha value is -1.58. The molecule has 1 heterocycles. The minimum Gasteiger partial charge on any atom is -0.372 e. The summed E-state index contributed by atoms with van der Waals surface area (Å²) in [6.45, 7) is 0. The molecule has 3 rings (SSSR count). The Morgan fingerprint density at radius 1 is 1.11 bits per heavy atom. The highest BCUT2D eigenvalue weighted by Gasteiger charge is 2.33. The van der Waals surface area contributed by atoms with Gasteiger partial charge in [0, 0.05) is 0 Å². The molecule has 1 atom stereocenters. The predicted octanol–water partition coefficient (Wildman–Crippen LogP) is 3.14. The first-order chi connectivity index (χ1) is 8.74. The van der Waals surface area contributed by atoms with Crippen LogP contribution in [0, 0.1) is 11.7 Å². The summed E-state index contributed by atoms with van der Waals surface area (Å²) in [5.74, 6) is 0.0453. The van der Waals surface area contributed by atoms with E-state index in [9.17, 15) is 9.18 Å². The summed E-state index contributed by atoms with van der Waals surface area (Å²) in [6, 6.07) is 4.31. The van der Waals surface area contributed by atoms with Crippen molar-refractivity contribution in [2.75, 3.05) is 10.6 Å². The normalized spacial score (nSPS) is 24.1. The zero-order chi connectivity index (χ0) is 12.5. The van der Waals surface area contributed by atoms with E-state index in [1.54, 1.807) is 6.07 Å². The van der Waals surface area contributed by atoms with Crippen LogP contribution in [0.2, 0.25) is 0 Å². The maximum Gasteiger partial charge on any atom is 0.247 e. The first-order valence-corrected chi connectivity index (χ1v) is 6.61. The third-order valence-electron chi connectivity index (χ3n) is 3.95. The van der Waals surface area contributed by atoms with E-state index in [2.05, 4.69) is 10.6 Å². The summed E-state index contributed by atoms with van der Waals surface area (Å²) in [4.78, 5) is 12.1. The van der Waals surface area contributed by atoms with E-state index in [-0.39, 0.29) is 17.8 Å². The van der Waals surface area contributed by atoms with E-state index in [4.69, 9.17) is 0 Å². The summed E-state index contributed by atoms with van der Waals surface area (Å²) in [5.41, 5.74) is 1.37. The van der Waals surface area contributed by atoms with Gasteiger partial charge >= 0.3 is 0 Å². The molecule has 3 nitrogen and oxygen atoms in total. The number of anilines is 2. The van der Waals surface area contributed by atoms with Crippen LogP contribution in [0.5, 0.6) is 0 Å². The quantitative estimate of drug-likeness (QED) is 0.801. The minimum atomic E-state index is -0.327. The number of nitrogens with one attached hydrogen (secondary N) is 2. The third-order valence-corrected chi connectivity index (χ3v) is 3.95. The molecule has 1 amide bonds. The second-order valence-corrected chi connectivity index (χ2v) is 5.20. The number of fused-ring (bicyclic) bond motifs is 1. The number of hydrogen-bond acceptors (Lipinski definition) is 2. The number of benzene rings is 1. The van der Waals surface area contributed by atoms with Crippen molar-refractivity contribution in [1.29, 1.82) is 0 Å². The summed E-state index contributed by atoms with van der Waals surface area (Å²) in [7, 11) is 0. The van der Waals surface area contributed by atoms with Crippen molar-refractivity contribution in [3.8, 4) is 0 Å². The van der Waals surface area contributed by atoms with Crippen LogP contribution in [0.1, 0.15) is 32.1 Å². The molecule has 0 aromatic heterocycles. The summed E-state index contributed by atoms with van der Waals surface area (Å²) in [5, 5.41) is 6.07. The first-order valence-electron chi connectivity index (χ1n) is 6.61. The van der Waals surface area contributed by atoms with Gasteiger partial charge in [-0.1, -0.05) is 19.3 Å². The van der Waals surface area contributed by atoms with Crippen LogP contribution in [-0.2, 0) is 4.79 Å². The molecule has 1 unspecified atom stereocenters. The van der Waals surface area contributed by atoms with Crippen molar-refractivity contribution in [3.63, 3.8) is 0 Å². The Bertz CT molecular complexity index is 469. The predicted molar refractivity (Wildman–Crippen MR) is 69.0 cm³/mol. The van der Waals surface area contributed by atoms with E-state index in [0.717, 1.165) is 18.5 Å². The molecule has 2 N–H and O–H groups in total. The monoisotopic (exact) mass is 248 g/mol. The highest BCUT2D eigenvalue weighted by atomic mass is 19.1. The Balaban J connectivity index is 1.82. The van der Waals surface area contributed by atoms with Crippen LogP contribution < -0.4 is 10.6 Å². The van der Waals surface area contributed by atoms with Gasteiger partial charge in [0.05, 0.1) is 11.4 Å². The van der Waals surface area contributed by atoms with E-state index in [1.807, 2.05) is 0 Å². The molecule has 0 radical (unpaired) electrons. The van der Waals surface area contributed by atoms with Gasteiger partial charge in [-0.3, -0.25) is 4.79 Å². The maximum atomic E-state index is 13.1. The lowest BCUT2D eigenvalue weighted by molar-refractivity contribution is -0.118. The molecule has 0 bridgehead atoms. The van der Waals surface area contributed by atoms with Gasteiger partial charge in [-0.15, -0.1) is 0 Å². The number of carbonyl (C=O) groups is 1. The van der Waals surface area contributed by atoms with Crippen molar-refractivity contribution in [2.24, 2.45) is 5.92 Å². The SMILES string of the molecule is O=C1Nc2cc(F)ccc2NC1C1CCCCC1. The minimum absolute atomic E-state index is 0.0278. The molecule has 0 spiro atoms. The van der Waals surface area contributed by atoms with Crippen molar-refractivity contribution in [2.45, 2.75) is 38.1 Å². The Morgan fingerprint density at radius 2 is 1.89 bits per heavy atom. The van der Waals surface area contributed by atoms with Gasteiger partial charge in [0.25, 0.3) is 0 Å². The van der Waals surface area contributed by atoms with E-state index in [0.29, 0.717) is 11.6 Å². The number of hydrogen-bond donors (Lipinski definition) is 2. The molecule has 1 fully saturated rings. The van der Waals surface area contributed by atoms with Gasteiger partial charge in [0.2, 0.25) is 5.91 Å². The standard InChI is InChI=1S/C14H17FN2O/c15-10-6-7-11-12(8-10)17-14(18)13(16-11)9-4-2-1-3-5-9/h6-9,13,16H,1-5H2,(H,17,18). The van der Waals surface area contributed by atoms with Crippen LogP contribution in [0.3, 0.4) is 0 Å². The molecule has 4 heteroatoms. The molecule has 0 saturated heterocycles. The van der Waals surface area contributed by atoms with Gasteiger partial charge < -0.3 is 10.6 Å². The molecule has 1 aliphatic carbocycles. The second kappa shape index (κ2) is 4.59. The smallest absolute Gasteiger partial charge is 0.247 e. The number of amides is 1. The Morgan fingerprint density at radius 3 is 2.67 bits per heavy atom. The fraction of sp³-hybridized carbons (Fsp3) is 0.500. The van der Waals surface area contributed by atoms with Crippen LogP contribution in [-0.4, -0.2) is 11.9 Å². The fourth-order valence-corrected chi connectivity index (χ4v) is 2.99. The van der Waals surface area contributed by atoms with Gasteiger partial charge in [-0.05, 0) is 37.0 Å². The van der Waals surface area contributed by atoms with Crippen molar-refractivity contribution < 1.29 is 9.18 Å². The molecule has 1 aliphatic heterocycles. The third kappa shape index (κ3) is 2.07. The molecular formula is C14H17FN2O. The van der Waals surface area contributed by atoms with E-state index < -0.39 is 0 Å². The molecule has 96 valence electrons. The Labute approximate surface area is 106 Å². The summed E-state index contributed by atoms with van der Waals surface area (Å²) in [6.07, 6.45) is 5.87. The highest BCUT2D eigenvalue weighted by Crippen LogP contribution is 2.34. The number of halogens is 1. The van der Waals surface area contributed by atoms with Crippen LogP contribution >= 0.6 is 0 Å². The zero-order valence-electron chi connectivity index (χ0n) is 10.2. The largest absolute Gasteiger partial charge is 0.372 e. The Kier molecular flexibility index (Phi) is 2.94. The molecule has 1 saturated carbocycles. The average Bonchev–Trinajstić information content (AvgIpc) is 2.39. The lowest BCUT2D eigenvalue weighted by Crippen LogP contribution is -2.44. The fourth-order valence-electron chi connectivity index (χ4n) is 2.99. The van der Waals surface area contributed by atoms with E-state index in [1.165, 1.54) is 31.4 Å². The first kappa shape index (κ1) is 11.5. The van der Waals surface area contributed by atoms with Gasteiger partial charge in [-0.25, -0.2) is 4.39 Å². The van der Waals surface area contributed by atoms with Gasteiger partial charge in [0.15, 0.2) is 0 Å². The molecule has 18 heavy (non-hydrogen) atoms. The highest BCUT2D eigenvalue weighted by molar-refractivity contribution is 6.03. The van der Waals surface area contributed by atoms with Crippen molar-refractivity contribution >= 4 is 17.3 Å². The van der Waals surface area contributed by atoms with Crippen LogP contribution in [0.15, 0.2) is 18.2 Å². The van der Waals surface area contributed by atoms with Gasteiger partial charge in [0.1, 0.15) is 11.9 Å². The average molecular weight is 248 g/mol. The number of carbonyl (C=O) groups excluding carboxylic acids is 1. The molecule has 1 aromatic rings. The maximum absolute atomic E-state index is 13.1. The summed E-state index contributed by atoms with van der Waals surface area (Å²) >= 11 is 0. The van der Waals surface area contributed by atoms with Crippen molar-refractivity contribution in [3.05, 3.63) is 24.0 Å². The molecular weight excluding hydrogens is 231 g/mol. The van der Waals surface area contributed by atoms with E-state index >= 15 is 0 Å². The molecule has 2 aliphatic rings. The zero-order valence-corrected chi connectivity index (χ0v) is 10.2. The number of rotatable bonds is 1. The van der Waals surface area contributed by atoms with Crippen LogP contribution in [0.25, 0.3) is 0 Å². The summed E-state index contributed by atoms with van der Waals surface area (Å²) < 4.78 is 13.1. The van der Waals surface area contributed by atoms with Gasteiger partial charge in [-0.2, -0.15) is 0 Å². The van der Waals surface area contributed by atoms with Crippen LogP contribution in [0.4, 0.5) is 15.8 Å². The topological polar surface area (TPSA) is 41.1 Å². The molecule has 1 aromatic carbocycles.